The fourth-order valence-electron chi connectivity index (χ4n) is 2.39. The Morgan fingerprint density at radius 1 is 1.10 bits per heavy atom. The number of nitrogens with one attached hydrogen (secondary N) is 1. The Bertz CT molecular complexity index is 659. The molecule has 0 amide bonds. The molecule has 2 aromatic rings. The summed E-state index contributed by atoms with van der Waals surface area (Å²) >= 11 is 12.3. The van der Waals surface area contributed by atoms with E-state index in [1.165, 1.54) is 0 Å². The van der Waals surface area contributed by atoms with Gasteiger partial charge >= 0.3 is 0 Å². The number of ether oxygens (including phenoxy) is 1. The summed E-state index contributed by atoms with van der Waals surface area (Å²) in [5.41, 5.74) is 6.84. The third-order valence-electron chi connectivity index (χ3n) is 3.66. The zero-order valence-corrected chi connectivity index (χ0v) is 13.7. The van der Waals surface area contributed by atoms with Crippen LogP contribution in [0.5, 0.6) is 5.75 Å². The van der Waals surface area contributed by atoms with Gasteiger partial charge in [-0.25, -0.2) is 5.43 Å². The molecular formula is C16H18Cl2N2O. The van der Waals surface area contributed by atoms with Crippen LogP contribution in [0.3, 0.4) is 0 Å². The van der Waals surface area contributed by atoms with E-state index in [4.69, 9.17) is 33.8 Å². The molecule has 3 N–H and O–H groups in total. The van der Waals surface area contributed by atoms with Crippen molar-refractivity contribution in [2.24, 2.45) is 5.84 Å². The summed E-state index contributed by atoms with van der Waals surface area (Å²) < 4.78 is 5.56. The molecule has 1 atom stereocenters. The highest BCUT2D eigenvalue weighted by Crippen LogP contribution is 2.36. The van der Waals surface area contributed by atoms with E-state index in [0.29, 0.717) is 10.0 Å². The first-order valence-corrected chi connectivity index (χ1v) is 7.30. The van der Waals surface area contributed by atoms with Gasteiger partial charge in [0.1, 0.15) is 5.75 Å². The molecule has 2 rings (SSSR count). The fourth-order valence-corrected chi connectivity index (χ4v) is 2.91. The molecule has 0 fully saturated rings. The summed E-state index contributed by atoms with van der Waals surface area (Å²) in [6, 6.07) is 9.13. The number of rotatable bonds is 4. The number of hydrogen-bond donors (Lipinski definition) is 2. The average molecular weight is 325 g/mol. The lowest BCUT2D eigenvalue weighted by Gasteiger charge is -2.22. The van der Waals surface area contributed by atoms with Crippen LogP contribution in [-0.2, 0) is 0 Å². The molecule has 0 aromatic heterocycles. The van der Waals surface area contributed by atoms with E-state index in [0.717, 1.165) is 28.0 Å². The number of hydrazine groups is 1. The van der Waals surface area contributed by atoms with Crippen LogP contribution in [0.1, 0.15) is 28.3 Å². The maximum Gasteiger partial charge on any atom is 0.127 e. The number of nitrogens with two attached hydrogens (primary N) is 1. The normalized spacial score (nSPS) is 12.3. The zero-order valence-electron chi connectivity index (χ0n) is 12.2. The van der Waals surface area contributed by atoms with Crippen LogP contribution in [0.4, 0.5) is 0 Å². The summed E-state index contributed by atoms with van der Waals surface area (Å²) in [7, 11) is 1.66. The van der Waals surface area contributed by atoms with Crippen molar-refractivity contribution in [3.63, 3.8) is 0 Å². The van der Waals surface area contributed by atoms with Crippen molar-refractivity contribution in [3.8, 4) is 5.75 Å². The van der Waals surface area contributed by atoms with Crippen molar-refractivity contribution >= 4 is 23.2 Å². The first-order valence-electron chi connectivity index (χ1n) is 6.54. The van der Waals surface area contributed by atoms with E-state index in [1.54, 1.807) is 19.2 Å². The molecule has 21 heavy (non-hydrogen) atoms. The van der Waals surface area contributed by atoms with Gasteiger partial charge in [-0.1, -0.05) is 41.4 Å². The molecule has 0 saturated carbocycles. The van der Waals surface area contributed by atoms with Gasteiger partial charge in [-0.15, -0.1) is 0 Å². The second-order valence-electron chi connectivity index (χ2n) is 4.90. The average Bonchev–Trinajstić information content (AvgIpc) is 2.45. The van der Waals surface area contributed by atoms with Crippen molar-refractivity contribution in [3.05, 3.63) is 62.6 Å². The van der Waals surface area contributed by atoms with Crippen molar-refractivity contribution in [2.75, 3.05) is 7.11 Å². The summed E-state index contributed by atoms with van der Waals surface area (Å²) in [5.74, 6) is 6.57. The van der Waals surface area contributed by atoms with Gasteiger partial charge in [0.2, 0.25) is 0 Å². The third kappa shape index (κ3) is 3.16. The maximum absolute atomic E-state index is 6.30. The lowest BCUT2D eigenvalue weighted by Crippen LogP contribution is -2.29. The molecule has 0 saturated heterocycles. The molecule has 3 nitrogen and oxygen atoms in total. The Morgan fingerprint density at radius 3 is 2.33 bits per heavy atom. The zero-order chi connectivity index (χ0) is 15.6. The molecule has 0 radical (unpaired) electrons. The van der Waals surface area contributed by atoms with Crippen molar-refractivity contribution in [1.82, 2.24) is 5.43 Å². The van der Waals surface area contributed by atoms with Crippen LogP contribution in [0, 0.1) is 13.8 Å². The van der Waals surface area contributed by atoms with Gasteiger partial charge in [-0.2, -0.15) is 0 Å². The SMILES string of the molecule is COc1c(C(NN)c2ccc(Cl)cc2Cl)ccc(C)c1C. The van der Waals surface area contributed by atoms with Crippen LogP contribution in [0.15, 0.2) is 30.3 Å². The van der Waals surface area contributed by atoms with Gasteiger partial charge < -0.3 is 4.74 Å². The number of benzene rings is 2. The largest absolute Gasteiger partial charge is 0.496 e. The maximum atomic E-state index is 6.30. The highest BCUT2D eigenvalue weighted by atomic mass is 35.5. The first-order chi connectivity index (χ1) is 9.99. The Balaban J connectivity index is 2.59. The molecular weight excluding hydrogens is 307 g/mol. The first kappa shape index (κ1) is 16.1. The minimum absolute atomic E-state index is 0.274. The molecule has 112 valence electrons. The topological polar surface area (TPSA) is 47.3 Å². The van der Waals surface area contributed by atoms with Crippen molar-refractivity contribution < 1.29 is 4.74 Å². The lowest BCUT2D eigenvalue weighted by molar-refractivity contribution is 0.401. The second kappa shape index (κ2) is 6.67. The van der Waals surface area contributed by atoms with Gasteiger partial charge in [0.15, 0.2) is 0 Å². The van der Waals surface area contributed by atoms with E-state index in [-0.39, 0.29) is 6.04 Å². The Kier molecular flexibility index (Phi) is 5.12. The quantitative estimate of drug-likeness (QED) is 0.655. The van der Waals surface area contributed by atoms with Crippen molar-refractivity contribution in [2.45, 2.75) is 19.9 Å². The number of methoxy groups -OCH3 is 1. The van der Waals surface area contributed by atoms with E-state index in [9.17, 15) is 0 Å². The van der Waals surface area contributed by atoms with E-state index in [2.05, 4.69) is 5.43 Å². The van der Waals surface area contributed by atoms with Crippen molar-refractivity contribution in [1.29, 1.82) is 0 Å². The number of aryl methyl sites for hydroxylation is 1. The summed E-state index contributed by atoms with van der Waals surface area (Å²) in [6.45, 7) is 4.07. The van der Waals surface area contributed by atoms with Gasteiger partial charge in [0, 0.05) is 15.6 Å². The lowest BCUT2D eigenvalue weighted by atomic mass is 9.94. The highest BCUT2D eigenvalue weighted by molar-refractivity contribution is 6.35. The molecule has 0 aliphatic rings. The summed E-state index contributed by atoms with van der Waals surface area (Å²) in [5, 5.41) is 1.15. The van der Waals surface area contributed by atoms with Gasteiger partial charge in [0.05, 0.1) is 13.2 Å². The molecule has 2 aromatic carbocycles. The Hall–Kier alpha value is -1.26. The Labute approximate surface area is 135 Å². The molecule has 0 bridgehead atoms. The number of hydrogen-bond acceptors (Lipinski definition) is 3. The molecule has 1 unspecified atom stereocenters. The van der Waals surface area contributed by atoms with Gasteiger partial charge in [-0.3, -0.25) is 5.84 Å². The van der Waals surface area contributed by atoms with Gasteiger partial charge in [-0.05, 0) is 42.7 Å². The predicted molar refractivity (Wildman–Crippen MR) is 88.1 cm³/mol. The molecule has 5 heteroatoms. The van der Waals surface area contributed by atoms with Crippen LogP contribution in [-0.4, -0.2) is 7.11 Å². The fraction of sp³-hybridized carbons (Fsp3) is 0.250. The summed E-state index contributed by atoms with van der Waals surface area (Å²) in [4.78, 5) is 0. The summed E-state index contributed by atoms with van der Waals surface area (Å²) in [6.07, 6.45) is 0. The number of halogens is 2. The van der Waals surface area contributed by atoms with E-state index >= 15 is 0 Å². The van der Waals surface area contributed by atoms with Crippen LogP contribution < -0.4 is 16.0 Å². The third-order valence-corrected chi connectivity index (χ3v) is 4.22. The Morgan fingerprint density at radius 2 is 1.76 bits per heavy atom. The molecule has 0 heterocycles. The van der Waals surface area contributed by atoms with Crippen LogP contribution in [0.2, 0.25) is 10.0 Å². The molecule has 0 spiro atoms. The highest BCUT2D eigenvalue weighted by Gasteiger charge is 2.21. The van der Waals surface area contributed by atoms with E-state index in [1.807, 2.05) is 32.0 Å². The van der Waals surface area contributed by atoms with Gasteiger partial charge in [0.25, 0.3) is 0 Å². The van der Waals surface area contributed by atoms with E-state index < -0.39 is 0 Å². The predicted octanol–water partition coefficient (Wildman–Crippen LogP) is 4.17. The van der Waals surface area contributed by atoms with Crippen LogP contribution >= 0.6 is 23.2 Å². The monoisotopic (exact) mass is 324 g/mol. The minimum atomic E-state index is -0.274. The van der Waals surface area contributed by atoms with Crippen LogP contribution in [0.25, 0.3) is 0 Å². The minimum Gasteiger partial charge on any atom is -0.496 e. The molecule has 0 aliphatic heterocycles. The molecule has 0 aliphatic carbocycles. The second-order valence-corrected chi connectivity index (χ2v) is 5.74. The smallest absolute Gasteiger partial charge is 0.127 e. The standard InChI is InChI=1S/C16H18Cl2N2O/c1-9-4-6-13(16(21-3)10(9)2)15(20-19)12-7-5-11(17)8-14(12)18/h4-8,15,20H,19H2,1-3H3.